The van der Waals surface area contributed by atoms with Gasteiger partial charge in [-0.05, 0) is 34.6 Å². The molecule has 0 radical (unpaired) electrons. The summed E-state index contributed by atoms with van der Waals surface area (Å²) >= 11 is 1.19. The number of hydrogen-bond acceptors (Lipinski definition) is 8. The summed E-state index contributed by atoms with van der Waals surface area (Å²) in [5.74, 6) is -0.396. The van der Waals surface area contributed by atoms with Crippen molar-refractivity contribution in [2.24, 2.45) is 0 Å². The second-order valence-corrected chi connectivity index (χ2v) is 6.21. The van der Waals surface area contributed by atoms with Crippen LogP contribution in [0.4, 0.5) is 4.79 Å². The minimum atomic E-state index is -0.818. The molecule has 7 nitrogen and oxygen atoms in total. The van der Waals surface area contributed by atoms with Crippen molar-refractivity contribution in [1.82, 2.24) is 10.5 Å². The lowest BCUT2D eigenvalue weighted by Crippen LogP contribution is -2.28. The van der Waals surface area contributed by atoms with Crippen molar-refractivity contribution in [1.29, 1.82) is 0 Å². The van der Waals surface area contributed by atoms with Crippen LogP contribution in [-0.2, 0) is 20.9 Å². The molecule has 1 rings (SSSR count). The van der Waals surface area contributed by atoms with Crippen LogP contribution in [0, 0.1) is 6.92 Å². The Hall–Kier alpha value is -1.67. The van der Waals surface area contributed by atoms with Gasteiger partial charge in [0.15, 0.2) is 0 Å². The number of aryl methyl sites for hydroxylation is 1. The number of carbonyl (C=O) groups excluding carboxylic acids is 2. The van der Waals surface area contributed by atoms with Gasteiger partial charge < -0.3 is 14.3 Å². The third-order valence-electron chi connectivity index (χ3n) is 2.07. The molecule has 0 spiro atoms. The molecule has 0 aliphatic carbocycles. The van der Waals surface area contributed by atoms with Crippen molar-refractivity contribution in [2.75, 3.05) is 6.61 Å². The maximum atomic E-state index is 11.6. The zero-order chi connectivity index (χ0) is 16.0. The molecule has 0 fully saturated rings. The Kier molecular flexibility index (Phi) is 6.10. The summed E-state index contributed by atoms with van der Waals surface area (Å²) in [6.45, 7) is 9.18. The van der Waals surface area contributed by atoms with Crippen LogP contribution in [0.2, 0.25) is 0 Å². The van der Waals surface area contributed by atoms with Crippen LogP contribution in [0.5, 0.6) is 0 Å². The van der Waals surface area contributed by atoms with Crippen molar-refractivity contribution in [3.8, 4) is 0 Å². The molecule has 0 aliphatic rings. The van der Waals surface area contributed by atoms with Crippen LogP contribution in [0.3, 0.4) is 0 Å². The van der Waals surface area contributed by atoms with Gasteiger partial charge in [-0.1, -0.05) is 0 Å². The minimum absolute atomic E-state index is 0.185. The number of nitrogens with one attached hydrogen (secondary N) is 1. The van der Waals surface area contributed by atoms with Crippen molar-refractivity contribution in [2.45, 2.75) is 46.8 Å². The van der Waals surface area contributed by atoms with E-state index in [4.69, 9.17) is 14.3 Å². The number of nitrogens with zero attached hydrogens (tertiary/aromatic N) is 1. The van der Waals surface area contributed by atoms with Crippen LogP contribution in [0.1, 0.15) is 48.1 Å². The summed E-state index contributed by atoms with van der Waals surface area (Å²) < 4.78 is 9.89. The highest BCUT2D eigenvalue weighted by atomic mass is 32.1. The second kappa shape index (κ2) is 7.37. The highest BCUT2D eigenvalue weighted by Crippen LogP contribution is 2.19. The summed E-state index contributed by atoms with van der Waals surface area (Å²) in [7, 11) is 0. The van der Waals surface area contributed by atoms with Gasteiger partial charge in [-0.3, -0.25) is 0 Å². The molecular formula is C13H20N2O5S. The Bertz CT molecular complexity index is 507. The number of hydroxylamine groups is 1. The highest BCUT2D eigenvalue weighted by molar-refractivity contribution is 7.13. The van der Waals surface area contributed by atoms with Crippen LogP contribution in [0.25, 0.3) is 0 Å². The fraction of sp³-hybridized carbons (Fsp3) is 0.615. The van der Waals surface area contributed by atoms with Crippen LogP contribution in [-0.4, -0.2) is 29.3 Å². The van der Waals surface area contributed by atoms with E-state index in [9.17, 15) is 9.59 Å². The molecule has 0 saturated carbocycles. The number of rotatable bonds is 5. The van der Waals surface area contributed by atoms with Gasteiger partial charge >= 0.3 is 12.1 Å². The van der Waals surface area contributed by atoms with E-state index in [0.29, 0.717) is 22.2 Å². The van der Waals surface area contributed by atoms with Gasteiger partial charge in [0.2, 0.25) is 0 Å². The zero-order valence-corrected chi connectivity index (χ0v) is 13.6. The van der Waals surface area contributed by atoms with Crippen LogP contribution < -0.4 is 5.48 Å². The average molecular weight is 316 g/mol. The number of esters is 1. The van der Waals surface area contributed by atoms with E-state index in [1.54, 1.807) is 34.6 Å². The van der Waals surface area contributed by atoms with Crippen LogP contribution >= 0.6 is 11.3 Å². The summed E-state index contributed by atoms with van der Waals surface area (Å²) in [6, 6.07) is 0. The van der Waals surface area contributed by atoms with Gasteiger partial charge in [0.1, 0.15) is 15.5 Å². The topological polar surface area (TPSA) is 86.8 Å². The lowest BCUT2D eigenvalue weighted by molar-refractivity contribution is -0.0334. The van der Waals surface area contributed by atoms with Crippen molar-refractivity contribution >= 4 is 23.5 Å². The maximum absolute atomic E-state index is 11.6. The number of ether oxygens (including phenoxy) is 2. The normalized spacial score (nSPS) is 11.1. The lowest BCUT2D eigenvalue weighted by Gasteiger charge is -2.18. The zero-order valence-electron chi connectivity index (χ0n) is 12.8. The molecule has 8 heteroatoms. The lowest BCUT2D eigenvalue weighted by atomic mass is 10.2. The van der Waals surface area contributed by atoms with E-state index in [0.717, 1.165) is 0 Å². The van der Waals surface area contributed by atoms with Gasteiger partial charge in [-0.25, -0.2) is 14.6 Å². The Balaban J connectivity index is 2.48. The fourth-order valence-electron chi connectivity index (χ4n) is 1.34. The second-order valence-electron chi connectivity index (χ2n) is 5.13. The molecule has 0 amide bonds. The highest BCUT2D eigenvalue weighted by Gasteiger charge is 2.19. The first kappa shape index (κ1) is 17.4. The molecule has 0 unspecified atom stereocenters. The largest absolute Gasteiger partial charge is 0.528 e. The van der Waals surface area contributed by atoms with Gasteiger partial charge in [0, 0.05) is 0 Å². The molecule has 1 aromatic rings. The molecule has 21 heavy (non-hydrogen) atoms. The molecule has 1 heterocycles. The van der Waals surface area contributed by atoms with Gasteiger partial charge in [-0.2, -0.15) is 0 Å². The van der Waals surface area contributed by atoms with E-state index in [2.05, 4.69) is 10.5 Å². The standard InChI is InChI=1S/C13H20N2O5S/c1-6-18-11(16)10-8(2)15-9(21-10)7-14-20-12(17)19-13(3,4)5/h14H,6-7H2,1-5H3. The molecule has 1 aromatic heterocycles. The first-order valence-corrected chi connectivity index (χ1v) is 7.30. The predicted octanol–water partition coefficient (Wildman–Crippen LogP) is 2.58. The van der Waals surface area contributed by atoms with Crippen molar-refractivity contribution < 1.29 is 23.9 Å². The molecule has 0 aromatic carbocycles. The van der Waals surface area contributed by atoms with E-state index in [1.807, 2.05) is 0 Å². The number of thiazole rings is 1. The Labute approximate surface area is 127 Å². The molecule has 0 saturated heterocycles. The smallest absolute Gasteiger partial charge is 0.462 e. The summed E-state index contributed by atoms with van der Waals surface area (Å²) in [4.78, 5) is 32.3. The van der Waals surface area contributed by atoms with Gasteiger partial charge in [0.25, 0.3) is 0 Å². The molecule has 0 atom stereocenters. The number of aromatic nitrogens is 1. The molecule has 118 valence electrons. The Morgan fingerprint density at radius 3 is 2.57 bits per heavy atom. The first-order chi connectivity index (χ1) is 9.73. The quantitative estimate of drug-likeness (QED) is 0.660. The summed E-state index contributed by atoms with van der Waals surface area (Å²) in [5, 5.41) is 0.610. The number of carbonyl (C=O) groups is 2. The Morgan fingerprint density at radius 2 is 2.00 bits per heavy atom. The first-order valence-electron chi connectivity index (χ1n) is 6.49. The predicted molar refractivity (Wildman–Crippen MR) is 77.0 cm³/mol. The van der Waals surface area contributed by atoms with E-state index < -0.39 is 17.7 Å². The molecule has 0 aliphatic heterocycles. The molecule has 0 bridgehead atoms. The van der Waals surface area contributed by atoms with E-state index in [-0.39, 0.29) is 6.54 Å². The molecular weight excluding hydrogens is 296 g/mol. The van der Waals surface area contributed by atoms with Crippen molar-refractivity contribution in [3.05, 3.63) is 15.6 Å². The Morgan fingerprint density at radius 1 is 1.33 bits per heavy atom. The van der Waals surface area contributed by atoms with E-state index >= 15 is 0 Å². The van der Waals surface area contributed by atoms with Gasteiger partial charge in [0.05, 0.1) is 18.8 Å². The maximum Gasteiger partial charge on any atom is 0.528 e. The van der Waals surface area contributed by atoms with Gasteiger partial charge in [-0.15, -0.1) is 16.8 Å². The minimum Gasteiger partial charge on any atom is -0.462 e. The SMILES string of the molecule is CCOC(=O)c1sc(CNOC(=O)OC(C)(C)C)nc1C. The fourth-order valence-corrected chi connectivity index (χ4v) is 2.23. The third-order valence-corrected chi connectivity index (χ3v) is 3.21. The average Bonchev–Trinajstić information content (AvgIpc) is 2.68. The third kappa shape index (κ3) is 6.09. The van der Waals surface area contributed by atoms with E-state index in [1.165, 1.54) is 11.3 Å². The van der Waals surface area contributed by atoms with Crippen molar-refractivity contribution in [3.63, 3.8) is 0 Å². The molecule has 1 N–H and O–H groups in total. The van der Waals surface area contributed by atoms with Crippen LogP contribution in [0.15, 0.2) is 0 Å². The monoisotopic (exact) mass is 316 g/mol. The summed E-state index contributed by atoms with van der Waals surface area (Å²) in [6.07, 6.45) is -0.818. The number of hydrogen-bond donors (Lipinski definition) is 1. The summed E-state index contributed by atoms with van der Waals surface area (Å²) in [5.41, 5.74) is 2.43.